The van der Waals surface area contributed by atoms with Crippen molar-refractivity contribution in [2.45, 2.75) is 25.8 Å². The lowest BCUT2D eigenvalue weighted by Gasteiger charge is -2.30. The van der Waals surface area contributed by atoms with Gasteiger partial charge >= 0.3 is 0 Å². The molecule has 17 heavy (non-hydrogen) atoms. The number of aromatic nitrogens is 2. The summed E-state index contributed by atoms with van der Waals surface area (Å²) in [6.07, 6.45) is 3.86. The third kappa shape index (κ3) is 3.40. The maximum absolute atomic E-state index is 8.62. The summed E-state index contributed by atoms with van der Waals surface area (Å²) < 4.78 is 0. The van der Waals surface area contributed by atoms with Gasteiger partial charge in [0.1, 0.15) is 5.82 Å². The van der Waals surface area contributed by atoms with Crippen LogP contribution in [0.5, 0.6) is 0 Å². The molecule has 0 atom stereocenters. The molecule has 1 N–H and O–H groups in total. The molecule has 1 aliphatic rings. The summed E-state index contributed by atoms with van der Waals surface area (Å²) in [5.41, 5.74) is 1.12. The van der Waals surface area contributed by atoms with E-state index in [9.17, 15) is 0 Å². The Labute approximate surface area is 101 Å². The van der Waals surface area contributed by atoms with Gasteiger partial charge in [0, 0.05) is 19.1 Å². The molecule has 0 amide bonds. The maximum Gasteiger partial charge on any atom is 0.149 e. The van der Waals surface area contributed by atoms with E-state index in [-0.39, 0.29) is 0 Å². The van der Waals surface area contributed by atoms with Gasteiger partial charge in [-0.15, -0.1) is 5.10 Å². The van der Waals surface area contributed by atoms with Crippen molar-refractivity contribution in [2.75, 3.05) is 25.0 Å². The standard InChI is InChI=1S/C12H17N5/c1-10-8-12(16-14-9-10)15-11-2-5-17(6-3-11)7-4-13/h8-9,11H,2-3,5-7H2,1H3,(H,15,16). The van der Waals surface area contributed by atoms with Gasteiger partial charge in [-0.3, -0.25) is 4.90 Å². The summed E-state index contributed by atoms with van der Waals surface area (Å²) in [5.74, 6) is 0.851. The quantitative estimate of drug-likeness (QED) is 0.791. The van der Waals surface area contributed by atoms with E-state index in [1.807, 2.05) is 13.0 Å². The molecule has 0 unspecified atom stereocenters. The molecule has 0 aliphatic carbocycles. The molecule has 2 heterocycles. The maximum atomic E-state index is 8.62. The third-order valence-electron chi connectivity index (χ3n) is 3.03. The molecule has 0 radical (unpaired) electrons. The van der Waals surface area contributed by atoms with E-state index in [1.165, 1.54) is 0 Å². The smallest absolute Gasteiger partial charge is 0.149 e. The number of aryl methyl sites for hydroxylation is 1. The molecule has 1 fully saturated rings. The third-order valence-corrected chi connectivity index (χ3v) is 3.03. The molecule has 0 saturated carbocycles. The van der Waals surface area contributed by atoms with Gasteiger partial charge in [0.2, 0.25) is 0 Å². The van der Waals surface area contributed by atoms with Crippen molar-refractivity contribution in [2.24, 2.45) is 0 Å². The Kier molecular flexibility index (Phi) is 3.89. The summed E-state index contributed by atoms with van der Waals surface area (Å²) >= 11 is 0. The summed E-state index contributed by atoms with van der Waals surface area (Å²) in [7, 11) is 0. The Morgan fingerprint density at radius 2 is 2.29 bits per heavy atom. The van der Waals surface area contributed by atoms with Crippen LogP contribution < -0.4 is 5.32 Å². The van der Waals surface area contributed by atoms with Gasteiger partial charge in [0.15, 0.2) is 0 Å². The van der Waals surface area contributed by atoms with Crippen LogP contribution in [-0.4, -0.2) is 40.8 Å². The molecule has 0 aromatic carbocycles. The lowest BCUT2D eigenvalue weighted by Crippen LogP contribution is -2.39. The number of nitrogens with one attached hydrogen (secondary N) is 1. The topological polar surface area (TPSA) is 64.8 Å². The van der Waals surface area contributed by atoms with E-state index in [0.29, 0.717) is 12.6 Å². The van der Waals surface area contributed by atoms with Gasteiger partial charge in [-0.25, -0.2) is 0 Å². The Balaban J connectivity index is 1.84. The molecule has 2 rings (SSSR count). The number of anilines is 1. The highest BCUT2D eigenvalue weighted by molar-refractivity contribution is 5.36. The van der Waals surface area contributed by atoms with Crippen LogP contribution in [0.15, 0.2) is 12.3 Å². The van der Waals surface area contributed by atoms with Crippen molar-refractivity contribution in [3.8, 4) is 6.07 Å². The van der Waals surface area contributed by atoms with Gasteiger partial charge < -0.3 is 5.32 Å². The second-order valence-corrected chi connectivity index (χ2v) is 4.47. The zero-order valence-electron chi connectivity index (χ0n) is 10.1. The zero-order chi connectivity index (χ0) is 12.1. The van der Waals surface area contributed by atoms with Crippen LogP contribution in [-0.2, 0) is 0 Å². The minimum absolute atomic E-state index is 0.445. The van der Waals surface area contributed by atoms with Crippen molar-refractivity contribution >= 4 is 5.82 Å². The summed E-state index contributed by atoms with van der Waals surface area (Å²) in [4.78, 5) is 2.18. The second kappa shape index (κ2) is 5.60. The van der Waals surface area contributed by atoms with Crippen LogP contribution in [0, 0.1) is 18.3 Å². The highest BCUT2D eigenvalue weighted by atomic mass is 15.2. The van der Waals surface area contributed by atoms with Crippen LogP contribution in [0.1, 0.15) is 18.4 Å². The van der Waals surface area contributed by atoms with Crippen LogP contribution >= 0.6 is 0 Å². The first-order valence-electron chi connectivity index (χ1n) is 5.93. The molecule has 0 bridgehead atoms. The van der Waals surface area contributed by atoms with Crippen LogP contribution in [0.25, 0.3) is 0 Å². The molecule has 1 aromatic heterocycles. The number of nitrogens with zero attached hydrogens (tertiary/aromatic N) is 4. The summed E-state index contributed by atoms with van der Waals surface area (Å²) in [5, 5.41) is 20.0. The largest absolute Gasteiger partial charge is 0.366 e. The van der Waals surface area contributed by atoms with Gasteiger partial charge in [0.25, 0.3) is 0 Å². The number of hydrogen-bond donors (Lipinski definition) is 1. The average molecular weight is 231 g/mol. The van der Waals surface area contributed by atoms with Crippen molar-refractivity contribution < 1.29 is 0 Å². The lowest BCUT2D eigenvalue weighted by atomic mass is 10.1. The minimum Gasteiger partial charge on any atom is -0.366 e. The monoisotopic (exact) mass is 231 g/mol. The first-order valence-corrected chi connectivity index (χ1v) is 5.93. The minimum atomic E-state index is 0.445. The molecule has 5 nitrogen and oxygen atoms in total. The fourth-order valence-corrected chi connectivity index (χ4v) is 2.08. The molecule has 0 spiro atoms. The number of rotatable bonds is 3. The predicted molar refractivity (Wildman–Crippen MR) is 65.5 cm³/mol. The van der Waals surface area contributed by atoms with Crippen molar-refractivity contribution in [3.05, 3.63) is 17.8 Å². The van der Waals surface area contributed by atoms with Crippen molar-refractivity contribution in [1.29, 1.82) is 5.26 Å². The van der Waals surface area contributed by atoms with Crippen LogP contribution in [0.3, 0.4) is 0 Å². The highest BCUT2D eigenvalue weighted by Gasteiger charge is 2.18. The van der Waals surface area contributed by atoms with E-state index in [4.69, 9.17) is 5.26 Å². The number of hydrogen-bond acceptors (Lipinski definition) is 5. The molecular formula is C12H17N5. The van der Waals surface area contributed by atoms with Crippen LogP contribution in [0.2, 0.25) is 0 Å². The normalized spacial score (nSPS) is 17.6. The van der Waals surface area contributed by atoms with Gasteiger partial charge in [-0.1, -0.05) is 0 Å². The average Bonchev–Trinajstić information content (AvgIpc) is 2.32. The molecule has 1 aromatic rings. The van der Waals surface area contributed by atoms with E-state index in [0.717, 1.165) is 37.3 Å². The van der Waals surface area contributed by atoms with Gasteiger partial charge in [-0.05, 0) is 31.4 Å². The molecule has 5 heteroatoms. The lowest BCUT2D eigenvalue weighted by molar-refractivity contribution is 0.242. The predicted octanol–water partition coefficient (Wildman–Crippen LogP) is 1.18. The van der Waals surface area contributed by atoms with Crippen molar-refractivity contribution in [3.63, 3.8) is 0 Å². The van der Waals surface area contributed by atoms with E-state index >= 15 is 0 Å². The van der Waals surface area contributed by atoms with Gasteiger partial charge in [-0.2, -0.15) is 10.4 Å². The molecule has 90 valence electrons. The Morgan fingerprint density at radius 3 is 2.94 bits per heavy atom. The first-order chi connectivity index (χ1) is 8.28. The summed E-state index contributed by atoms with van der Waals surface area (Å²) in [6.45, 7) is 4.50. The molecule has 1 aliphatic heterocycles. The number of piperidine rings is 1. The molecular weight excluding hydrogens is 214 g/mol. The molecule has 1 saturated heterocycles. The Morgan fingerprint density at radius 1 is 1.53 bits per heavy atom. The van der Waals surface area contributed by atoms with E-state index < -0.39 is 0 Å². The van der Waals surface area contributed by atoms with E-state index in [1.54, 1.807) is 6.20 Å². The van der Waals surface area contributed by atoms with Crippen LogP contribution in [0.4, 0.5) is 5.82 Å². The zero-order valence-corrected chi connectivity index (χ0v) is 10.1. The Hall–Kier alpha value is -1.67. The first kappa shape index (κ1) is 11.8. The Bertz CT molecular complexity index is 404. The second-order valence-electron chi connectivity index (χ2n) is 4.47. The van der Waals surface area contributed by atoms with E-state index in [2.05, 4.69) is 26.5 Å². The highest BCUT2D eigenvalue weighted by Crippen LogP contribution is 2.14. The van der Waals surface area contributed by atoms with Gasteiger partial charge in [0.05, 0.1) is 18.8 Å². The number of likely N-dealkylation sites (tertiary alicyclic amines) is 1. The summed E-state index contributed by atoms with van der Waals surface area (Å²) in [6, 6.07) is 4.65. The number of nitriles is 1. The fourth-order valence-electron chi connectivity index (χ4n) is 2.08. The fraction of sp³-hybridized carbons (Fsp3) is 0.583. The van der Waals surface area contributed by atoms with Crippen molar-refractivity contribution in [1.82, 2.24) is 15.1 Å². The SMILES string of the molecule is Cc1cnnc(NC2CCN(CC#N)CC2)c1.